The maximum Gasteiger partial charge on any atom is 0.226 e. The summed E-state index contributed by atoms with van der Waals surface area (Å²) >= 11 is 0. The number of benzene rings is 3. The molecule has 2 aliphatic heterocycles. The molecule has 170 valence electrons. The molecule has 2 atom stereocenters. The standard InChI is InChI=1S/C26H21FN4O3/c1-32-20-12-11-15(13-21(20)33-2)25-22-23(17-8-4-6-10-19(17)34-25)30-26-28-14-29-31(26)24(22)16-7-3-5-9-18(16)27/h3-14,24-25H,1-2H3,(H,28,29,30)/t24-,25-/m0/s1. The molecule has 4 aromatic rings. The van der Waals surface area contributed by atoms with Gasteiger partial charge in [0, 0.05) is 22.3 Å². The third kappa shape index (κ3) is 3.02. The van der Waals surface area contributed by atoms with Crippen LogP contribution in [-0.2, 0) is 0 Å². The Labute approximate surface area is 195 Å². The SMILES string of the molecule is COc1ccc([C@@H]2Oc3ccccc3C3=C2[C@H](c2ccccc2F)n2ncnc2N3)cc1OC. The van der Waals surface area contributed by atoms with Gasteiger partial charge in [0.1, 0.15) is 30.0 Å². The summed E-state index contributed by atoms with van der Waals surface area (Å²) in [6, 6.07) is 19.6. The second-order valence-electron chi connectivity index (χ2n) is 8.02. The first-order valence-electron chi connectivity index (χ1n) is 10.8. The molecule has 0 unspecified atom stereocenters. The Hall–Kier alpha value is -4.33. The van der Waals surface area contributed by atoms with E-state index in [9.17, 15) is 0 Å². The molecule has 0 aliphatic carbocycles. The molecule has 34 heavy (non-hydrogen) atoms. The van der Waals surface area contributed by atoms with Crippen molar-refractivity contribution >= 4 is 11.6 Å². The number of nitrogens with zero attached hydrogens (tertiary/aromatic N) is 3. The van der Waals surface area contributed by atoms with Crippen LogP contribution in [-0.4, -0.2) is 29.0 Å². The lowest BCUT2D eigenvalue weighted by Crippen LogP contribution is -2.32. The van der Waals surface area contributed by atoms with Crippen LogP contribution in [0.25, 0.3) is 5.70 Å². The molecule has 7 nitrogen and oxygen atoms in total. The summed E-state index contributed by atoms with van der Waals surface area (Å²) in [6.07, 6.45) is 0.923. The Morgan fingerprint density at radius 3 is 2.59 bits per heavy atom. The van der Waals surface area contributed by atoms with Gasteiger partial charge in [-0.3, -0.25) is 0 Å². The fourth-order valence-electron chi connectivity index (χ4n) is 4.70. The number of fused-ring (bicyclic) bond motifs is 3. The highest BCUT2D eigenvalue weighted by Crippen LogP contribution is 2.51. The fraction of sp³-hybridized carbons (Fsp3) is 0.154. The maximum absolute atomic E-state index is 15.2. The Bertz CT molecular complexity index is 1430. The van der Waals surface area contributed by atoms with Crippen molar-refractivity contribution in [2.24, 2.45) is 0 Å². The zero-order valence-electron chi connectivity index (χ0n) is 18.5. The summed E-state index contributed by atoms with van der Waals surface area (Å²) in [5.41, 5.74) is 3.86. The average molecular weight is 456 g/mol. The van der Waals surface area contributed by atoms with Crippen LogP contribution in [0.5, 0.6) is 17.2 Å². The van der Waals surface area contributed by atoms with E-state index in [-0.39, 0.29) is 5.82 Å². The van der Waals surface area contributed by atoms with Gasteiger partial charge in [-0.2, -0.15) is 10.1 Å². The molecule has 8 heteroatoms. The molecular formula is C26H21FN4O3. The predicted octanol–water partition coefficient (Wildman–Crippen LogP) is 4.99. The van der Waals surface area contributed by atoms with E-state index >= 15 is 4.39 Å². The van der Waals surface area contributed by atoms with Crippen LogP contribution in [0.1, 0.15) is 28.8 Å². The minimum absolute atomic E-state index is 0.326. The summed E-state index contributed by atoms with van der Waals surface area (Å²) in [7, 11) is 3.19. The van der Waals surface area contributed by atoms with Crippen molar-refractivity contribution < 1.29 is 18.6 Å². The lowest BCUT2D eigenvalue weighted by molar-refractivity contribution is 0.221. The maximum atomic E-state index is 15.2. The molecule has 0 radical (unpaired) electrons. The van der Waals surface area contributed by atoms with E-state index < -0.39 is 12.1 Å². The number of methoxy groups -OCH3 is 2. The van der Waals surface area contributed by atoms with Gasteiger partial charge in [-0.1, -0.05) is 36.4 Å². The molecule has 0 spiro atoms. The number of aromatic nitrogens is 3. The van der Waals surface area contributed by atoms with Crippen LogP contribution >= 0.6 is 0 Å². The van der Waals surface area contributed by atoms with Gasteiger partial charge >= 0.3 is 0 Å². The van der Waals surface area contributed by atoms with Crippen LogP contribution in [0.2, 0.25) is 0 Å². The average Bonchev–Trinajstić information content (AvgIpc) is 3.35. The van der Waals surface area contributed by atoms with Gasteiger partial charge in [0.25, 0.3) is 0 Å². The normalized spacial score (nSPS) is 18.2. The number of halogens is 1. The number of anilines is 1. The van der Waals surface area contributed by atoms with Crippen molar-refractivity contribution in [3.05, 3.63) is 101 Å². The number of hydrogen-bond donors (Lipinski definition) is 1. The third-order valence-electron chi connectivity index (χ3n) is 6.23. The van der Waals surface area contributed by atoms with Gasteiger partial charge < -0.3 is 19.5 Å². The van der Waals surface area contributed by atoms with Crippen LogP contribution in [0, 0.1) is 5.82 Å². The van der Waals surface area contributed by atoms with Crippen LogP contribution in [0.15, 0.2) is 78.6 Å². The second-order valence-corrected chi connectivity index (χ2v) is 8.02. The molecule has 0 saturated carbocycles. The fourth-order valence-corrected chi connectivity index (χ4v) is 4.70. The number of nitrogens with one attached hydrogen (secondary N) is 1. The summed E-state index contributed by atoms with van der Waals surface area (Å²) in [5, 5.41) is 7.85. The highest BCUT2D eigenvalue weighted by Gasteiger charge is 2.41. The van der Waals surface area contributed by atoms with E-state index in [1.54, 1.807) is 31.0 Å². The quantitative estimate of drug-likeness (QED) is 0.466. The highest BCUT2D eigenvalue weighted by atomic mass is 19.1. The lowest BCUT2D eigenvalue weighted by Gasteiger charge is -2.39. The molecule has 0 saturated heterocycles. The molecule has 3 heterocycles. The largest absolute Gasteiger partial charge is 0.493 e. The third-order valence-corrected chi connectivity index (χ3v) is 6.23. The van der Waals surface area contributed by atoms with E-state index in [0.717, 1.165) is 22.4 Å². The number of rotatable bonds is 4. The van der Waals surface area contributed by atoms with Gasteiger partial charge in [-0.25, -0.2) is 9.07 Å². The smallest absolute Gasteiger partial charge is 0.226 e. The van der Waals surface area contributed by atoms with Gasteiger partial charge in [0.15, 0.2) is 11.5 Å². The molecule has 2 aliphatic rings. The summed E-state index contributed by atoms with van der Waals surface area (Å²) in [5.74, 6) is 2.12. The number of para-hydroxylation sites is 1. The predicted molar refractivity (Wildman–Crippen MR) is 124 cm³/mol. The molecule has 0 bridgehead atoms. The molecule has 0 fully saturated rings. The van der Waals surface area contributed by atoms with Crippen molar-refractivity contribution in [2.45, 2.75) is 12.1 Å². The number of hydrogen-bond acceptors (Lipinski definition) is 6. The number of ether oxygens (including phenoxy) is 3. The van der Waals surface area contributed by atoms with E-state index in [0.29, 0.717) is 28.8 Å². The van der Waals surface area contributed by atoms with Crippen molar-refractivity contribution in [1.82, 2.24) is 14.8 Å². The molecule has 1 N–H and O–H groups in total. The topological polar surface area (TPSA) is 70.4 Å². The molecular weight excluding hydrogens is 435 g/mol. The molecule has 0 amide bonds. The zero-order chi connectivity index (χ0) is 23.2. The van der Waals surface area contributed by atoms with Crippen LogP contribution < -0.4 is 19.5 Å². The first-order valence-corrected chi connectivity index (χ1v) is 10.8. The Morgan fingerprint density at radius 2 is 1.76 bits per heavy atom. The Balaban J connectivity index is 1.62. The minimum Gasteiger partial charge on any atom is -0.493 e. The summed E-state index contributed by atoms with van der Waals surface area (Å²) in [4.78, 5) is 4.38. The lowest BCUT2D eigenvalue weighted by atomic mass is 9.84. The first-order chi connectivity index (χ1) is 16.7. The first kappa shape index (κ1) is 20.3. The van der Waals surface area contributed by atoms with Crippen LogP contribution in [0.4, 0.5) is 10.3 Å². The van der Waals surface area contributed by atoms with Gasteiger partial charge in [-0.05, 0) is 30.3 Å². The molecule has 6 rings (SSSR count). The van der Waals surface area contributed by atoms with E-state index in [2.05, 4.69) is 15.4 Å². The van der Waals surface area contributed by atoms with E-state index in [1.807, 2.05) is 48.5 Å². The van der Waals surface area contributed by atoms with E-state index in [1.165, 1.54) is 12.4 Å². The zero-order valence-corrected chi connectivity index (χ0v) is 18.5. The van der Waals surface area contributed by atoms with E-state index in [4.69, 9.17) is 14.2 Å². The Morgan fingerprint density at radius 1 is 0.971 bits per heavy atom. The van der Waals surface area contributed by atoms with Gasteiger partial charge in [-0.15, -0.1) is 0 Å². The van der Waals surface area contributed by atoms with Crippen LogP contribution in [0.3, 0.4) is 0 Å². The Kier molecular flexibility index (Phi) is 4.72. The van der Waals surface area contributed by atoms with Crippen molar-refractivity contribution in [2.75, 3.05) is 19.5 Å². The molecule has 1 aromatic heterocycles. The summed E-state index contributed by atoms with van der Waals surface area (Å²) < 4.78 is 34.4. The minimum atomic E-state index is -0.568. The monoisotopic (exact) mass is 456 g/mol. The van der Waals surface area contributed by atoms with Gasteiger partial charge in [0.05, 0.1) is 19.9 Å². The van der Waals surface area contributed by atoms with Crippen molar-refractivity contribution in [3.63, 3.8) is 0 Å². The molecule has 3 aromatic carbocycles. The van der Waals surface area contributed by atoms with Gasteiger partial charge in [0.2, 0.25) is 5.95 Å². The second kappa shape index (κ2) is 7.91. The summed E-state index contributed by atoms with van der Waals surface area (Å²) in [6.45, 7) is 0. The highest BCUT2D eigenvalue weighted by molar-refractivity contribution is 5.85. The van der Waals surface area contributed by atoms with Crippen molar-refractivity contribution in [1.29, 1.82) is 0 Å². The van der Waals surface area contributed by atoms with Crippen molar-refractivity contribution in [3.8, 4) is 17.2 Å².